The van der Waals surface area contributed by atoms with Gasteiger partial charge < -0.3 is 10.2 Å². The van der Waals surface area contributed by atoms with Crippen molar-refractivity contribution < 1.29 is 19.4 Å². The number of carbonyl (C=O) groups is 1. The van der Waals surface area contributed by atoms with Crippen LogP contribution in [0.2, 0.25) is 0 Å². The van der Waals surface area contributed by atoms with Gasteiger partial charge in [0.05, 0.1) is 11.7 Å². The zero-order chi connectivity index (χ0) is 12.1. The van der Waals surface area contributed by atoms with Gasteiger partial charge in [-0.2, -0.15) is 0 Å². The maximum absolute atomic E-state index is 13.2. The number of aldehydes is 1. The van der Waals surface area contributed by atoms with Crippen LogP contribution in [0.1, 0.15) is 28.4 Å². The van der Waals surface area contributed by atoms with E-state index in [-0.39, 0.29) is 23.4 Å². The van der Waals surface area contributed by atoms with Gasteiger partial charge >= 0.3 is 0 Å². The molecular weight excluding hydrogens is 235 g/mol. The first-order valence-electron chi connectivity index (χ1n) is 4.77. The molecule has 1 rings (SSSR count). The highest BCUT2D eigenvalue weighted by Gasteiger charge is 2.21. The Labute approximate surface area is 97.5 Å². The topological polar surface area (TPSA) is 57.5 Å². The van der Waals surface area contributed by atoms with Crippen LogP contribution in [0, 0.1) is 5.82 Å². The van der Waals surface area contributed by atoms with Gasteiger partial charge in [0.15, 0.2) is 6.29 Å². The van der Waals surface area contributed by atoms with Crippen LogP contribution in [0.15, 0.2) is 18.2 Å². The number of halogens is 2. The first kappa shape index (κ1) is 13.1. The fourth-order valence-electron chi connectivity index (χ4n) is 1.41. The molecule has 0 bridgehead atoms. The van der Waals surface area contributed by atoms with Gasteiger partial charge in [-0.1, -0.05) is 12.1 Å². The Kier molecular flexibility index (Phi) is 4.86. The summed E-state index contributed by atoms with van der Waals surface area (Å²) in [6.45, 7) is 0. The molecule has 88 valence electrons. The van der Waals surface area contributed by atoms with Gasteiger partial charge in [-0.15, -0.1) is 11.6 Å². The van der Waals surface area contributed by atoms with E-state index < -0.39 is 18.0 Å². The molecule has 1 aromatic rings. The van der Waals surface area contributed by atoms with Crippen molar-refractivity contribution in [2.75, 3.05) is 5.88 Å². The summed E-state index contributed by atoms with van der Waals surface area (Å²) in [4.78, 5) is 10.7. The molecule has 0 aliphatic carbocycles. The van der Waals surface area contributed by atoms with E-state index in [4.69, 9.17) is 11.6 Å². The minimum atomic E-state index is -1.31. The molecule has 0 saturated carbocycles. The van der Waals surface area contributed by atoms with Crippen molar-refractivity contribution in [1.29, 1.82) is 0 Å². The van der Waals surface area contributed by atoms with E-state index in [0.29, 0.717) is 6.29 Å². The molecule has 3 nitrogen and oxygen atoms in total. The van der Waals surface area contributed by atoms with Gasteiger partial charge in [-0.3, -0.25) is 4.79 Å². The summed E-state index contributed by atoms with van der Waals surface area (Å²) in [6.07, 6.45) is -1.94. The lowest BCUT2D eigenvalue weighted by molar-refractivity contribution is 0.0165. The number of alkyl halides is 1. The van der Waals surface area contributed by atoms with Crippen LogP contribution in [-0.4, -0.2) is 28.5 Å². The Hall–Kier alpha value is -0.970. The van der Waals surface area contributed by atoms with E-state index in [1.807, 2.05) is 0 Å². The smallest absolute Gasteiger partial charge is 0.153 e. The largest absolute Gasteiger partial charge is 0.390 e. The summed E-state index contributed by atoms with van der Waals surface area (Å²) >= 11 is 5.42. The first-order chi connectivity index (χ1) is 7.61. The zero-order valence-electron chi connectivity index (χ0n) is 8.44. The fourth-order valence-corrected chi connectivity index (χ4v) is 1.64. The van der Waals surface area contributed by atoms with Crippen molar-refractivity contribution in [2.24, 2.45) is 0 Å². The van der Waals surface area contributed by atoms with Gasteiger partial charge in [0.25, 0.3) is 0 Å². The van der Waals surface area contributed by atoms with Gasteiger partial charge in [-0.05, 0) is 18.1 Å². The van der Waals surface area contributed by atoms with Gasteiger partial charge in [0.2, 0.25) is 0 Å². The minimum Gasteiger partial charge on any atom is -0.390 e. The lowest BCUT2D eigenvalue weighted by Gasteiger charge is -2.18. The Morgan fingerprint density at radius 1 is 1.44 bits per heavy atom. The SMILES string of the molecule is O=Cc1c(F)cccc1C(O)C(O)CCCl. The molecule has 0 fully saturated rings. The minimum absolute atomic E-state index is 0.0765. The number of rotatable bonds is 5. The van der Waals surface area contributed by atoms with Crippen molar-refractivity contribution in [2.45, 2.75) is 18.6 Å². The summed E-state index contributed by atoms with van der Waals surface area (Å²) < 4.78 is 13.2. The standard InChI is InChI=1S/C11H12ClFO3/c12-5-4-10(15)11(16)7-2-1-3-9(13)8(7)6-14/h1-3,6,10-11,15-16H,4-5H2. The maximum atomic E-state index is 13.2. The molecule has 0 radical (unpaired) electrons. The van der Waals surface area contributed by atoms with Crippen LogP contribution < -0.4 is 0 Å². The van der Waals surface area contributed by atoms with E-state index >= 15 is 0 Å². The lowest BCUT2D eigenvalue weighted by atomic mass is 9.98. The summed E-state index contributed by atoms with van der Waals surface area (Å²) in [6, 6.07) is 3.89. The van der Waals surface area contributed by atoms with Crippen molar-refractivity contribution in [3.63, 3.8) is 0 Å². The molecule has 0 aromatic heterocycles. The third kappa shape index (κ3) is 2.78. The molecule has 5 heteroatoms. The van der Waals surface area contributed by atoms with Crippen molar-refractivity contribution in [3.8, 4) is 0 Å². The molecule has 0 saturated heterocycles. The number of carbonyl (C=O) groups excluding carboxylic acids is 1. The predicted molar refractivity (Wildman–Crippen MR) is 58.1 cm³/mol. The maximum Gasteiger partial charge on any atom is 0.153 e. The zero-order valence-corrected chi connectivity index (χ0v) is 9.19. The molecule has 16 heavy (non-hydrogen) atoms. The first-order valence-corrected chi connectivity index (χ1v) is 5.31. The van der Waals surface area contributed by atoms with Crippen LogP contribution in [0.4, 0.5) is 4.39 Å². The summed E-state index contributed by atoms with van der Waals surface area (Å²) in [7, 11) is 0. The highest BCUT2D eigenvalue weighted by Crippen LogP contribution is 2.23. The lowest BCUT2D eigenvalue weighted by Crippen LogP contribution is -2.20. The van der Waals surface area contributed by atoms with Crippen molar-refractivity contribution in [3.05, 3.63) is 35.1 Å². The molecular formula is C11H12ClFO3. The van der Waals surface area contributed by atoms with Crippen molar-refractivity contribution >= 4 is 17.9 Å². The number of hydrogen-bond acceptors (Lipinski definition) is 3. The second-order valence-corrected chi connectivity index (χ2v) is 3.73. The average Bonchev–Trinajstić information content (AvgIpc) is 2.28. The molecule has 0 amide bonds. The van der Waals surface area contributed by atoms with Gasteiger partial charge in [0.1, 0.15) is 11.9 Å². The molecule has 0 heterocycles. The second kappa shape index (κ2) is 5.94. The number of hydrogen-bond donors (Lipinski definition) is 2. The normalized spacial score (nSPS) is 14.5. The molecule has 1 aromatic carbocycles. The van der Waals surface area contributed by atoms with Crippen LogP contribution >= 0.6 is 11.6 Å². The van der Waals surface area contributed by atoms with Crippen molar-refractivity contribution in [1.82, 2.24) is 0 Å². The Bertz CT molecular complexity index is 370. The number of aliphatic hydroxyl groups excluding tert-OH is 2. The predicted octanol–water partition coefficient (Wildman–Crippen LogP) is 1.66. The third-order valence-corrected chi connectivity index (χ3v) is 2.51. The third-order valence-electron chi connectivity index (χ3n) is 2.29. The molecule has 2 unspecified atom stereocenters. The monoisotopic (exact) mass is 246 g/mol. The van der Waals surface area contributed by atoms with Crippen LogP contribution in [-0.2, 0) is 0 Å². The molecule has 0 spiro atoms. The number of aliphatic hydroxyl groups is 2. The van der Waals surface area contributed by atoms with Gasteiger partial charge in [0, 0.05) is 5.88 Å². The quantitative estimate of drug-likeness (QED) is 0.614. The van der Waals surface area contributed by atoms with E-state index in [9.17, 15) is 19.4 Å². The highest BCUT2D eigenvalue weighted by atomic mass is 35.5. The van der Waals surface area contributed by atoms with E-state index in [2.05, 4.69) is 0 Å². The highest BCUT2D eigenvalue weighted by molar-refractivity contribution is 6.17. The molecule has 0 aliphatic rings. The average molecular weight is 247 g/mol. The number of benzene rings is 1. The molecule has 2 atom stereocenters. The Morgan fingerprint density at radius 2 is 2.12 bits per heavy atom. The molecule has 0 aliphatic heterocycles. The van der Waals surface area contributed by atoms with Crippen LogP contribution in [0.5, 0.6) is 0 Å². The molecule has 2 N–H and O–H groups in total. The van der Waals surface area contributed by atoms with E-state index in [0.717, 1.165) is 6.07 Å². The summed E-state index contributed by atoms with van der Waals surface area (Å²) in [5, 5.41) is 19.2. The summed E-state index contributed by atoms with van der Waals surface area (Å²) in [5.41, 5.74) is -0.156. The van der Waals surface area contributed by atoms with Gasteiger partial charge in [-0.25, -0.2) is 4.39 Å². The Morgan fingerprint density at radius 3 is 2.69 bits per heavy atom. The second-order valence-electron chi connectivity index (χ2n) is 3.35. The van der Waals surface area contributed by atoms with Crippen LogP contribution in [0.25, 0.3) is 0 Å². The van der Waals surface area contributed by atoms with Crippen LogP contribution in [0.3, 0.4) is 0 Å². The fraction of sp³-hybridized carbons (Fsp3) is 0.364. The van der Waals surface area contributed by atoms with E-state index in [1.54, 1.807) is 0 Å². The summed E-state index contributed by atoms with van der Waals surface area (Å²) in [5.74, 6) is -0.547. The Balaban J connectivity index is 3.03. The van der Waals surface area contributed by atoms with E-state index in [1.165, 1.54) is 12.1 Å².